The highest BCUT2D eigenvalue weighted by molar-refractivity contribution is 7.96. The first kappa shape index (κ1) is 8.63. The minimum Gasteiger partial charge on any atom is -0.481 e. The molecule has 3 heteroatoms. The summed E-state index contributed by atoms with van der Waals surface area (Å²) in [4.78, 5) is 0. The number of para-hydroxylation sites is 1. The van der Waals surface area contributed by atoms with Crippen LogP contribution in [0.3, 0.4) is 0 Å². The topological polar surface area (TPSA) is 9.23 Å². The Morgan fingerprint density at radius 1 is 1.36 bits per heavy atom. The van der Waals surface area contributed by atoms with Gasteiger partial charge in [-0.2, -0.15) is 0 Å². The maximum Gasteiger partial charge on any atom is 0.147 e. The molecule has 0 N–H and O–H groups in total. The molecule has 11 heavy (non-hydrogen) atoms. The lowest BCUT2D eigenvalue weighted by molar-refractivity contribution is 0.307. The summed E-state index contributed by atoms with van der Waals surface area (Å²) in [5.74, 6) is 0.991. The number of hydrogen-bond acceptors (Lipinski definition) is 2. The molecule has 1 atom stereocenters. The fraction of sp³-hybridized carbons (Fsp3) is 0.250. The summed E-state index contributed by atoms with van der Waals surface area (Å²) < 4.78 is 5.45. The second-order valence-corrected chi connectivity index (χ2v) is 3.71. The van der Waals surface area contributed by atoms with Gasteiger partial charge in [-0.1, -0.05) is 30.0 Å². The van der Waals surface area contributed by atoms with Gasteiger partial charge in [-0.3, -0.25) is 0 Å². The van der Waals surface area contributed by atoms with Gasteiger partial charge in [-0.05, 0) is 19.1 Å². The fourth-order valence-corrected chi connectivity index (χ4v) is 1.01. The molecule has 58 valence electrons. The van der Waals surface area contributed by atoms with Crippen molar-refractivity contribution in [2.75, 3.05) is 0 Å². The molecule has 0 aliphatic heterocycles. The Morgan fingerprint density at radius 2 is 2.00 bits per heavy atom. The second-order valence-electron chi connectivity index (χ2n) is 2.14. The van der Waals surface area contributed by atoms with Crippen LogP contribution in [0, 0.1) is 0 Å². The van der Waals surface area contributed by atoms with Crippen molar-refractivity contribution in [1.82, 2.24) is 0 Å². The number of rotatable bonds is 3. The SMILES string of the molecule is CC(Oc1ccccc1)P=S. The highest BCUT2D eigenvalue weighted by Crippen LogP contribution is 2.15. The van der Waals surface area contributed by atoms with Gasteiger partial charge in [0.15, 0.2) is 0 Å². The molecule has 0 aliphatic carbocycles. The van der Waals surface area contributed by atoms with Crippen molar-refractivity contribution in [2.45, 2.75) is 12.8 Å². The van der Waals surface area contributed by atoms with Crippen LogP contribution in [0.4, 0.5) is 0 Å². The summed E-state index contributed by atoms with van der Waals surface area (Å²) in [6.45, 7) is 1.96. The molecular formula is C8H9OPS. The van der Waals surface area contributed by atoms with E-state index in [0.29, 0.717) is 0 Å². The maximum atomic E-state index is 5.45. The van der Waals surface area contributed by atoms with Gasteiger partial charge >= 0.3 is 0 Å². The van der Waals surface area contributed by atoms with Gasteiger partial charge in [0.25, 0.3) is 0 Å². The largest absolute Gasteiger partial charge is 0.481 e. The standard InChI is InChI=1S/C8H9OPS/c1-7(10-11)9-8-5-3-2-4-6-8/h2-7H,1H3. The van der Waals surface area contributed by atoms with E-state index < -0.39 is 0 Å². The van der Waals surface area contributed by atoms with E-state index in [1.165, 1.54) is 0 Å². The first-order chi connectivity index (χ1) is 5.33. The first-order valence-corrected chi connectivity index (χ1v) is 5.35. The van der Waals surface area contributed by atoms with Gasteiger partial charge in [0.1, 0.15) is 11.6 Å². The molecule has 0 fully saturated rings. The lowest BCUT2D eigenvalue weighted by Crippen LogP contribution is -2.01. The minimum atomic E-state index is 0.104. The van der Waals surface area contributed by atoms with E-state index in [-0.39, 0.29) is 5.85 Å². The van der Waals surface area contributed by atoms with Crippen LogP contribution in [0.25, 0.3) is 0 Å². The number of benzene rings is 1. The Labute approximate surface area is 73.2 Å². The monoisotopic (exact) mass is 184 g/mol. The number of ether oxygens (including phenoxy) is 1. The second kappa shape index (κ2) is 4.42. The molecule has 0 radical (unpaired) electrons. The van der Waals surface area contributed by atoms with Crippen molar-refractivity contribution in [3.05, 3.63) is 30.3 Å². The lowest BCUT2D eigenvalue weighted by atomic mass is 10.3. The molecule has 1 rings (SSSR count). The van der Waals surface area contributed by atoms with Crippen molar-refractivity contribution >= 4 is 19.2 Å². The van der Waals surface area contributed by atoms with Crippen LogP contribution in [0.1, 0.15) is 6.92 Å². The average molecular weight is 184 g/mol. The van der Waals surface area contributed by atoms with Crippen LogP contribution in [0.2, 0.25) is 0 Å². The Bertz CT molecular complexity index is 225. The summed E-state index contributed by atoms with van der Waals surface area (Å²) in [6, 6.07) is 9.71. The van der Waals surface area contributed by atoms with E-state index in [9.17, 15) is 0 Å². The molecule has 0 amide bonds. The Kier molecular flexibility index (Phi) is 3.47. The van der Waals surface area contributed by atoms with E-state index in [4.69, 9.17) is 16.5 Å². The van der Waals surface area contributed by atoms with Crippen LogP contribution in [0.15, 0.2) is 30.3 Å². The highest BCUT2D eigenvalue weighted by atomic mass is 32.4. The molecule has 1 nitrogen and oxygen atoms in total. The van der Waals surface area contributed by atoms with Gasteiger partial charge in [0, 0.05) is 7.36 Å². The smallest absolute Gasteiger partial charge is 0.147 e. The zero-order chi connectivity index (χ0) is 8.10. The van der Waals surface area contributed by atoms with Crippen molar-refractivity contribution in [3.63, 3.8) is 0 Å². The molecule has 1 aromatic rings. The van der Waals surface area contributed by atoms with Crippen molar-refractivity contribution in [2.24, 2.45) is 0 Å². The predicted octanol–water partition coefficient (Wildman–Crippen LogP) is 2.82. The Morgan fingerprint density at radius 3 is 2.55 bits per heavy atom. The van der Waals surface area contributed by atoms with Crippen molar-refractivity contribution < 1.29 is 4.74 Å². The average Bonchev–Trinajstić information content (AvgIpc) is 2.06. The molecule has 0 spiro atoms. The summed E-state index contributed by atoms with van der Waals surface area (Å²) in [5, 5.41) is 0. The van der Waals surface area contributed by atoms with Crippen LogP contribution >= 0.6 is 7.36 Å². The Balaban J connectivity index is 2.57. The maximum absolute atomic E-state index is 5.45. The molecule has 0 heterocycles. The summed E-state index contributed by atoms with van der Waals surface area (Å²) in [6.07, 6.45) is 0. The molecular weight excluding hydrogens is 175 g/mol. The van der Waals surface area contributed by atoms with E-state index >= 15 is 0 Å². The van der Waals surface area contributed by atoms with Gasteiger partial charge < -0.3 is 4.74 Å². The zero-order valence-electron chi connectivity index (χ0n) is 6.23. The molecule has 0 aromatic heterocycles. The first-order valence-electron chi connectivity index (χ1n) is 3.37. The number of hydrogen-bond donors (Lipinski definition) is 0. The van der Waals surface area contributed by atoms with Crippen LogP contribution in [0.5, 0.6) is 5.75 Å². The minimum absolute atomic E-state index is 0.104. The molecule has 1 aromatic carbocycles. The quantitative estimate of drug-likeness (QED) is 0.668. The molecule has 0 saturated carbocycles. The van der Waals surface area contributed by atoms with Crippen LogP contribution in [-0.4, -0.2) is 5.85 Å². The zero-order valence-corrected chi connectivity index (χ0v) is 7.94. The third kappa shape index (κ3) is 2.96. The molecule has 0 bridgehead atoms. The van der Waals surface area contributed by atoms with E-state index in [1.54, 1.807) is 0 Å². The van der Waals surface area contributed by atoms with Gasteiger partial charge in [-0.25, -0.2) is 0 Å². The fourth-order valence-electron chi connectivity index (χ4n) is 0.718. The van der Waals surface area contributed by atoms with Gasteiger partial charge in [0.2, 0.25) is 0 Å². The van der Waals surface area contributed by atoms with E-state index in [0.717, 1.165) is 13.1 Å². The third-order valence-electron chi connectivity index (χ3n) is 1.20. The lowest BCUT2D eigenvalue weighted by Gasteiger charge is -2.07. The van der Waals surface area contributed by atoms with E-state index in [2.05, 4.69) is 0 Å². The van der Waals surface area contributed by atoms with Gasteiger partial charge in [0.05, 0.1) is 0 Å². The van der Waals surface area contributed by atoms with Crippen LogP contribution in [-0.2, 0) is 11.8 Å². The van der Waals surface area contributed by atoms with Crippen molar-refractivity contribution in [1.29, 1.82) is 0 Å². The highest BCUT2D eigenvalue weighted by Gasteiger charge is 1.97. The molecule has 0 saturated heterocycles. The summed E-state index contributed by atoms with van der Waals surface area (Å²) in [5.41, 5.74) is 0. The van der Waals surface area contributed by atoms with E-state index in [1.807, 2.05) is 37.3 Å². The molecule has 1 unspecified atom stereocenters. The van der Waals surface area contributed by atoms with Crippen LogP contribution < -0.4 is 4.74 Å². The van der Waals surface area contributed by atoms with Crippen molar-refractivity contribution in [3.8, 4) is 5.75 Å². The Hall–Kier alpha value is -0.460. The van der Waals surface area contributed by atoms with Gasteiger partial charge in [-0.15, -0.1) is 0 Å². The normalized spacial score (nSPS) is 12.8. The predicted molar refractivity (Wildman–Crippen MR) is 50.8 cm³/mol. The molecule has 0 aliphatic rings. The summed E-state index contributed by atoms with van der Waals surface area (Å²) in [7, 11) is 0.849. The third-order valence-corrected chi connectivity index (χ3v) is 2.49. The summed E-state index contributed by atoms with van der Waals surface area (Å²) >= 11 is 4.82.